The third kappa shape index (κ3) is 5.73. The number of unbranched alkanes of at least 4 members (excludes halogenated alkanes) is 2. The second-order valence-electron chi connectivity index (χ2n) is 12.9. The summed E-state index contributed by atoms with van der Waals surface area (Å²) in [6.45, 7) is 5.68. The molecule has 9 nitrogen and oxygen atoms in total. The van der Waals surface area contributed by atoms with Crippen LogP contribution in [-0.4, -0.2) is 62.4 Å². The van der Waals surface area contributed by atoms with Crippen molar-refractivity contribution in [3.63, 3.8) is 0 Å². The normalized spacial score (nSPS) is 19.8. The van der Waals surface area contributed by atoms with Gasteiger partial charge in [-0.2, -0.15) is 0 Å². The number of rotatable bonds is 10. The maximum absolute atomic E-state index is 14.2. The summed E-state index contributed by atoms with van der Waals surface area (Å²) in [5, 5.41) is 22.1. The summed E-state index contributed by atoms with van der Waals surface area (Å²) in [4.78, 5) is 42.1. The minimum Gasteiger partial charge on any atom is -0.478 e. The van der Waals surface area contributed by atoms with E-state index in [4.69, 9.17) is 0 Å². The topological polar surface area (TPSA) is 132 Å². The number of anilines is 2. The van der Waals surface area contributed by atoms with E-state index in [9.17, 15) is 33.0 Å². The summed E-state index contributed by atoms with van der Waals surface area (Å²) in [6, 6.07) is 14.7. The van der Waals surface area contributed by atoms with Gasteiger partial charge < -0.3 is 15.1 Å². The molecule has 2 amide bonds. The highest BCUT2D eigenvalue weighted by Gasteiger charge is 2.50. The lowest BCUT2D eigenvalue weighted by Gasteiger charge is -2.40. The maximum Gasteiger partial charge on any atom is 0.335 e. The summed E-state index contributed by atoms with van der Waals surface area (Å²) in [6.07, 6.45) is 3.22. The number of aliphatic hydroxyl groups excluding tert-OH is 1. The molecular formula is C36H42N2O7S. The van der Waals surface area contributed by atoms with Crippen LogP contribution in [0.5, 0.6) is 0 Å². The molecule has 2 heterocycles. The van der Waals surface area contributed by atoms with Crippen molar-refractivity contribution in [2.24, 2.45) is 5.41 Å². The molecule has 0 radical (unpaired) electrons. The molecule has 244 valence electrons. The Morgan fingerprint density at radius 2 is 1.59 bits per heavy atom. The van der Waals surface area contributed by atoms with Gasteiger partial charge in [-0.25, -0.2) is 18.1 Å². The van der Waals surface area contributed by atoms with Crippen molar-refractivity contribution in [1.82, 2.24) is 0 Å². The second-order valence-corrected chi connectivity index (χ2v) is 14.9. The largest absolute Gasteiger partial charge is 0.478 e. The number of carboxylic acids is 1. The SMILES string of the molecule is CCCCC1(CCCC)CS(=O)(=O)c2ccc(N(C)C)cc2[C@@H](c2cccc(N3C(=O)c4cc(C)c(C(=O)O)cc4C3=O)c2)[C@H]1O. The van der Waals surface area contributed by atoms with Crippen LogP contribution in [0, 0.1) is 12.3 Å². The number of sulfone groups is 1. The molecule has 10 heteroatoms. The number of benzene rings is 3. The molecule has 5 rings (SSSR count). The number of aryl methyl sites for hydroxylation is 1. The van der Waals surface area contributed by atoms with Gasteiger partial charge in [0.1, 0.15) is 0 Å². The van der Waals surface area contributed by atoms with Crippen molar-refractivity contribution in [2.75, 3.05) is 29.6 Å². The first kappa shape index (κ1) is 33.3. The Bertz CT molecular complexity index is 1810. The zero-order chi connectivity index (χ0) is 33.6. The molecule has 3 aromatic carbocycles. The molecule has 2 aliphatic rings. The summed E-state index contributed by atoms with van der Waals surface area (Å²) in [7, 11) is -0.0700. The van der Waals surface area contributed by atoms with E-state index >= 15 is 0 Å². The van der Waals surface area contributed by atoms with Crippen LogP contribution < -0.4 is 9.80 Å². The molecule has 0 spiro atoms. The van der Waals surface area contributed by atoms with Gasteiger partial charge >= 0.3 is 5.97 Å². The molecule has 2 atom stereocenters. The standard InChI is InChI=1S/C36H42N2O7S/c1-6-8-15-36(16-9-7-2)21-46(44,45)30-14-13-24(37(4)5)19-29(30)31(32(36)39)23-11-10-12-25(18-23)38-33(40)27-17-22(3)26(35(42)43)20-28(27)34(38)41/h10-14,17-20,31-32,39H,6-9,15-16,21H2,1-5H3,(H,42,43)/t31-,32-/m1/s1. The molecular weight excluding hydrogens is 604 g/mol. The highest BCUT2D eigenvalue weighted by molar-refractivity contribution is 7.91. The van der Waals surface area contributed by atoms with E-state index in [1.54, 1.807) is 43.3 Å². The average Bonchev–Trinajstić information content (AvgIpc) is 3.21. The van der Waals surface area contributed by atoms with Gasteiger partial charge in [-0.1, -0.05) is 51.7 Å². The number of hydrogen-bond acceptors (Lipinski definition) is 7. The van der Waals surface area contributed by atoms with E-state index in [2.05, 4.69) is 0 Å². The van der Waals surface area contributed by atoms with Crippen LogP contribution >= 0.6 is 0 Å². The molecule has 0 aliphatic carbocycles. The first-order valence-electron chi connectivity index (χ1n) is 15.8. The fourth-order valence-corrected chi connectivity index (χ4v) is 9.30. The second kappa shape index (κ2) is 12.6. The number of hydrogen-bond donors (Lipinski definition) is 2. The Morgan fingerprint density at radius 1 is 0.957 bits per heavy atom. The number of amides is 2. The lowest BCUT2D eigenvalue weighted by atomic mass is 9.68. The fraction of sp³-hybridized carbons (Fsp3) is 0.417. The molecule has 2 aliphatic heterocycles. The molecule has 0 aromatic heterocycles. The fourth-order valence-electron chi connectivity index (χ4n) is 7.11. The van der Waals surface area contributed by atoms with Gasteiger partial charge in [0.2, 0.25) is 0 Å². The van der Waals surface area contributed by atoms with Gasteiger partial charge in [0.15, 0.2) is 9.84 Å². The number of fused-ring (bicyclic) bond motifs is 2. The quantitative estimate of drug-likeness (QED) is 0.249. The van der Waals surface area contributed by atoms with Crippen LogP contribution in [-0.2, 0) is 9.84 Å². The smallest absolute Gasteiger partial charge is 0.335 e. The molecule has 2 N–H and O–H groups in total. The summed E-state index contributed by atoms with van der Waals surface area (Å²) < 4.78 is 28.3. The van der Waals surface area contributed by atoms with Crippen molar-refractivity contribution >= 4 is 39.0 Å². The van der Waals surface area contributed by atoms with E-state index < -0.39 is 45.1 Å². The maximum atomic E-state index is 14.2. The number of aliphatic hydroxyl groups is 1. The first-order valence-corrected chi connectivity index (χ1v) is 17.5. The molecule has 0 saturated carbocycles. The molecule has 0 saturated heterocycles. The zero-order valence-corrected chi connectivity index (χ0v) is 27.9. The predicted octanol–water partition coefficient (Wildman–Crippen LogP) is 6.21. The monoisotopic (exact) mass is 646 g/mol. The Kier molecular flexibility index (Phi) is 9.16. The van der Waals surface area contributed by atoms with Crippen LogP contribution in [0.15, 0.2) is 59.5 Å². The highest BCUT2D eigenvalue weighted by atomic mass is 32.2. The Labute approximate surface area is 270 Å². The number of aromatic carboxylic acids is 1. The van der Waals surface area contributed by atoms with E-state index in [0.717, 1.165) is 36.3 Å². The molecule has 0 fully saturated rings. The van der Waals surface area contributed by atoms with Crippen LogP contribution in [0.2, 0.25) is 0 Å². The highest BCUT2D eigenvalue weighted by Crippen LogP contribution is 2.50. The number of carbonyl (C=O) groups excluding carboxylic acids is 2. The zero-order valence-electron chi connectivity index (χ0n) is 27.0. The molecule has 0 unspecified atom stereocenters. The van der Waals surface area contributed by atoms with E-state index in [1.807, 2.05) is 38.9 Å². The van der Waals surface area contributed by atoms with Crippen LogP contribution in [0.4, 0.5) is 11.4 Å². The van der Waals surface area contributed by atoms with Gasteiger partial charge in [0.05, 0.1) is 39.1 Å². The predicted molar refractivity (Wildman–Crippen MR) is 178 cm³/mol. The minimum atomic E-state index is -3.80. The van der Waals surface area contributed by atoms with Crippen molar-refractivity contribution < 1.29 is 33.0 Å². The molecule has 46 heavy (non-hydrogen) atoms. The van der Waals surface area contributed by atoms with Gasteiger partial charge in [0, 0.05) is 31.1 Å². The summed E-state index contributed by atoms with van der Waals surface area (Å²) in [5.41, 5.74) is 1.64. The van der Waals surface area contributed by atoms with Crippen molar-refractivity contribution in [3.05, 3.63) is 88.0 Å². The van der Waals surface area contributed by atoms with Crippen molar-refractivity contribution in [3.8, 4) is 0 Å². The van der Waals surface area contributed by atoms with Crippen LogP contribution in [0.25, 0.3) is 0 Å². The van der Waals surface area contributed by atoms with E-state index in [1.165, 1.54) is 12.1 Å². The Hall–Kier alpha value is -4.02. The van der Waals surface area contributed by atoms with Gasteiger partial charge in [-0.05, 0) is 78.9 Å². The van der Waals surface area contributed by atoms with Gasteiger partial charge in [0.25, 0.3) is 11.8 Å². The van der Waals surface area contributed by atoms with Gasteiger partial charge in [-0.15, -0.1) is 0 Å². The van der Waals surface area contributed by atoms with Crippen LogP contribution in [0.1, 0.15) is 106 Å². The Morgan fingerprint density at radius 3 is 2.17 bits per heavy atom. The minimum absolute atomic E-state index is 0.0121. The van der Waals surface area contributed by atoms with Crippen molar-refractivity contribution in [2.45, 2.75) is 76.2 Å². The first-order chi connectivity index (χ1) is 21.8. The number of carbonyl (C=O) groups is 3. The number of nitrogens with zero attached hydrogens (tertiary/aromatic N) is 2. The molecule has 0 bridgehead atoms. The summed E-state index contributed by atoms with van der Waals surface area (Å²) in [5.74, 6) is -3.34. The van der Waals surface area contributed by atoms with E-state index in [-0.39, 0.29) is 33.0 Å². The third-order valence-electron chi connectivity index (χ3n) is 9.61. The lowest BCUT2D eigenvalue weighted by molar-refractivity contribution is 0.0127. The average molecular weight is 647 g/mol. The lowest BCUT2D eigenvalue weighted by Crippen LogP contribution is -2.43. The number of carboxylic acid groups (broad SMARTS) is 1. The Balaban J connectivity index is 1.70. The third-order valence-corrected chi connectivity index (χ3v) is 11.6. The molecule has 3 aromatic rings. The van der Waals surface area contributed by atoms with Gasteiger partial charge in [-0.3, -0.25) is 9.59 Å². The van der Waals surface area contributed by atoms with Crippen molar-refractivity contribution in [1.29, 1.82) is 0 Å². The van der Waals surface area contributed by atoms with E-state index in [0.29, 0.717) is 29.5 Å². The van der Waals surface area contributed by atoms with Crippen LogP contribution in [0.3, 0.4) is 0 Å². The summed E-state index contributed by atoms with van der Waals surface area (Å²) >= 11 is 0. The number of imide groups is 1.